The quantitative estimate of drug-likeness (QED) is 0.697. The van der Waals surface area contributed by atoms with Crippen LogP contribution >= 0.6 is 15.9 Å². The number of nitrogens with two attached hydrogens (primary N) is 2. The van der Waals surface area contributed by atoms with Crippen molar-refractivity contribution in [2.75, 3.05) is 11.5 Å². The van der Waals surface area contributed by atoms with E-state index in [9.17, 15) is 8.78 Å². The van der Waals surface area contributed by atoms with Crippen LogP contribution in [0.4, 0.5) is 20.4 Å². The predicted octanol–water partition coefficient (Wildman–Crippen LogP) is 1.29. The van der Waals surface area contributed by atoms with E-state index < -0.39 is 23.3 Å². The van der Waals surface area contributed by atoms with Gasteiger partial charge in [-0.1, -0.05) is 0 Å². The minimum absolute atomic E-state index is 0.387. The number of pyridine rings is 1. The SMILES string of the molecule is Nc1nc(N)c(F)c(Br)c1F. The Labute approximate surface area is 69.5 Å². The second-order valence-electron chi connectivity index (χ2n) is 1.82. The topological polar surface area (TPSA) is 64.9 Å². The average molecular weight is 224 g/mol. The van der Waals surface area contributed by atoms with Crippen LogP contribution in [-0.4, -0.2) is 4.98 Å². The van der Waals surface area contributed by atoms with Gasteiger partial charge in [0.15, 0.2) is 23.3 Å². The minimum Gasteiger partial charge on any atom is -0.381 e. The molecule has 0 aromatic carbocycles. The van der Waals surface area contributed by atoms with Gasteiger partial charge >= 0.3 is 0 Å². The summed E-state index contributed by atoms with van der Waals surface area (Å²) in [5.41, 5.74) is 10.1. The average Bonchev–Trinajstić information content (AvgIpc) is 1.97. The van der Waals surface area contributed by atoms with E-state index in [-0.39, 0.29) is 4.47 Å². The zero-order valence-corrected chi connectivity index (χ0v) is 6.82. The van der Waals surface area contributed by atoms with Crippen molar-refractivity contribution >= 4 is 27.6 Å². The summed E-state index contributed by atoms with van der Waals surface area (Å²) in [5, 5.41) is 0. The van der Waals surface area contributed by atoms with Crippen LogP contribution in [0.15, 0.2) is 4.47 Å². The molecule has 11 heavy (non-hydrogen) atoms. The molecular formula is C5H4BrF2N3. The van der Waals surface area contributed by atoms with Gasteiger partial charge in [0.1, 0.15) is 0 Å². The molecule has 0 atom stereocenters. The molecule has 0 radical (unpaired) electrons. The van der Waals surface area contributed by atoms with Crippen molar-refractivity contribution in [2.24, 2.45) is 0 Å². The van der Waals surface area contributed by atoms with Gasteiger partial charge in [-0.05, 0) is 15.9 Å². The van der Waals surface area contributed by atoms with E-state index in [2.05, 4.69) is 20.9 Å². The Hall–Kier alpha value is -0.910. The lowest BCUT2D eigenvalue weighted by Gasteiger charge is -2.01. The van der Waals surface area contributed by atoms with Crippen LogP contribution in [0.2, 0.25) is 0 Å². The first kappa shape index (κ1) is 8.19. The molecule has 1 aromatic heterocycles. The third-order valence-corrected chi connectivity index (χ3v) is 1.77. The molecule has 60 valence electrons. The number of hydrogen-bond donors (Lipinski definition) is 2. The molecule has 0 aliphatic heterocycles. The zero-order chi connectivity index (χ0) is 8.59. The fraction of sp³-hybridized carbons (Fsp3) is 0. The fourth-order valence-electron chi connectivity index (χ4n) is 0.549. The number of rotatable bonds is 0. The molecule has 0 amide bonds. The summed E-state index contributed by atoms with van der Waals surface area (Å²) in [7, 11) is 0. The Kier molecular flexibility index (Phi) is 1.95. The van der Waals surface area contributed by atoms with Gasteiger partial charge in [0.25, 0.3) is 0 Å². The lowest BCUT2D eigenvalue weighted by atomic mass is 10.4. The maximum Gasteiger partial charge on any atom is 0.182 e. The molecular weight excluding hydrogens is 220 g/mol. The maximum atomic E-state index is 12.6. The van der Waals surface area contributed by atoms with Gasteiger partial charge < -0.3 is 11.5 Å². The Morgan fingerprint density at radius 3 is 1.82 bits per heavy atom. The number of nitrogen functional groups attached to an aromatic ring is 2. The summed E-state index contributed by atoms with van der Waals surface area (Å²) >= 11 is 2.63. The largest absolute Gasteiger partial charge is 0.381 e. The molecule has 0 fully saturated rings. The van der Waals surface area contributed by atoms with Crippen molar-refractivity contribution in [3.05, 3.63) is 16.1 Å². The van der Waals surface area contributed by atoms with Gasteiger partial charge in [-0.15, -0.1) is 0 Å². The van der Waals surface area contributed by atoms with Crippen molar-refractivity contribution in [2.45, 2.75) is 0 Å². The van der Waals surface area contributed by atoms with Gasteiger partial charge in [-0.2, -0.15) is 0 Å². The van der Waals surface area contributed by atoms with E-state index in [1.165, 1.54) is 0 Å². The number of hydrogen-bond acceptors (Lipinski definition) is 3. The van der Waals surface area contributed by atoms with Gasteiger partial charge in [0.2, 0.25) is 0 Å². The van der Waals surface area contributed by atoms with E-state index >= 15 is 0 Å². The monoisotopic (exact) mass is 223 g/mol. The first-order valence-corrected chi connectivity index (χ1v) is 3.38. The predicted molar refractivity (Wildman–Crippen MR) is 40.7 cm³/mol. The lowest BCUT2D eigenvalue weighted by Crippen LogP contribution is -2.03. The van der Waals surface area contributed by atoms with Crippen molar-refractivity contribution in [1.82, 2.24) is 4.98 Å². The smallest absolute Gasteiger partial charge is 0.182 e. The molecule has 1 heterocycles. The molecule has 4 N–H and O–H groups in total. The first-order chi connectivity index (χ1) is 5.04. The second kappa shape index (κ2) is 2.61. The molecule has 0 unspecified atom stereocenters. The highest BCUT2D eigenvalue weighted by molar-refractivity contribution is 9.10. The highest BCUT2D eigenvalue weighted by Gasteiger charge is 2.13. The molecule has 3 nitrogen and oxygen atoms in total. The van der Waals surface area contributed by atoms with Crippen molar-refractivity contribution in [3.63, 3.8) is 0 Å². The number of halogens is 3. The third-order valence-electron chi connectivity index (χ3n) is 1.08. The summed E-state index contributed by atoms with van der Waals surface area (Å²) in [6.07, 6.45) is 0. The van der Waals surface area contributed by atoms with Crippen LogP contribution in [0, 0.1) is 11.6 Å². The molecule has 0 spiro atoms. The Balaban J connectivity index is 3.46. The van der Waals surface area contributed by atoms with Crippen molar-refractivity contribution in [1.29, 1.82) is 0 Å². The van der Waals surface area contributed by atoms with Crippen LogP contribution < -0.4 is 11.5 Å². The highest BCUT2D eigenvalue weighted by atomic mass is 79.9. The highest BCUT2D eigenvalue weighted by Crippen LogP contribution is 2.25. The Bertz CT molecular complexity index is 276. The minimum atomic E-state index is -0.934. The number of anilines is 2. The second-order valence-corrected chi connectivity index (χ2v) is 2.62. The van der Waals surface area contributed by atoms with Gasteiger partial charge in [-0.3, -0.25) is 0 Å². The molecule has 1 aromatic rings. The van der Waals surface area contributed by atoms with Gasteiger partial charge in [0, 0.05) is 0 Å². The van der Waals surface area contributed by atoms with E-state index in [0.717, 1.165) is 0 Å². The number of aromatic nitrogens is 1. The zero-order valence-electron chi connectivity index (χ0n) is 5.24. The van der Waals surface area contributed by atoms with Crippen LogP contribution in [0.25, 0.3) is 0 Å². The van der Waals surface area contributed by atoms with Gasteiger partial charge in [0.05, 0.1) is 4.47 Å². The lowest BCUT2D eigenvalue weighted by molar-refractivity contribution is 0.570. The fourth-order valence-corrected chi connectivity index (χ4v) is 0.955. The van der Waals surface area contributed by atoms with Crippen LogP contribution in [-0.2, 0) is 0 Å². The van der Waals surface area contributed by atoms with Crippen molar-refractivity contribution < 1.29 is 8.78 Å². The van der Waals surface area contributed by atoms with Crippen LogP contribution in [0.5, 0.6) is 0 Å². The van der Waals surface area contributed by atoms with E-state index in [0.29, 0.717) is 0 Å². The Morgan fingerprint density at radius 1 is 1.09 bits per heavy atom. The van der Waals surface area contributed by atoms with Crippen LogP contribution in [0.3, 0.4) is 0 Å². The first-order valence-electron chi connectivity index (χ1n) is 2.59. The molecule has 0 saturated heterocycles. The van der Waals surface area contributed by atoms with E-state index in [4.69, 9.17) is 11.5 Å². The van der Waals surface area contributed by atoms with Crippen molar-refractivity contribution in [3.8, 4) is 0 Å². The van der Waals surface area contributed by atoms with Crippen LogP contribution in [0.1, 0.15) is 0 Å². The van der Waals surface area contributed by atoms with E-state index in [1.54, 1.807) is 0 Å². The summed E-state index contributed by atoms with van der Waals surface area (Å²) in [4.78, 5) is 3.21. The maximum absolute atomic E-state index is 12.6. The van der Waals surface area contributed by atoms with Gasteiger partial charge in [-0.25, -0.2) is 13.8 Å². The number of nitrogens with zero attached hydrogens (tertiary/aromatic N) is 1. The van der Waals surface area contributed by atoms with E-state index in [1.807, 2.05) is 0 Å². The summed E-state index contributed by atoms with van der Waals surface area (Å²) in [6.45, 7) is 0. The summed E-state index contributed by atoms with van der Waals surface area (Å²) in [6, 6.07) is 0. The molecule has 1 rings (SSSR count). The summed E-state index contributed by atoms with van der Waals surface area (Å²) < 4.78 is 24.9. The standard InChI is InChI=1S/C5H4BrF2N3/c6-1-2(7)4(9)11-5(10)3(1)8/h(H4,9,10,11). The molecule has 0 aliphatic carbocycles. The molecule has 0 bridgehead atoms. The normalized spacial score (nSPS) is 10.1. The third kappa shape index (κ3) is 1.25. The Morgan fingerprint density at radius 2 is 1.45 bits per heavy atom. The molecule has 0 saturated carbocycles. The molecule has 0 aliphatic rings. The molecule has 6 heteroatoms. The summed E-state index contributed by atoms with van der Waals surface area (Å²) in [5.74, 6) is -2.71.